The molecule has 0 aliphatic rings. The highest BCUT2D eigenvalue weighted by Crippen LogP contribution is 2.30. The highest BCUT2D eigenvalue weighted by Gasteiger charge is 2.08. The molecule has 0 unspecified atom stereocenters. The fourth-order valence-corrected chi connectivity index (χ4v) is 2.55. The van der Waals surface area contributed by atoms with Gasteiger partial charge in [-0.1, -0.05) is 18.2 Å². The highest BCUT2D eigenvalue weighted by molar-refractivity contribution is 7.16. The first-order valence-corrected chi connectivity index (χ1v) is 5.38. The van der Waals surface area contributed by atoms with Crippen molar-refractivity contribution < 1.29 is 4.42 Å². The van der Waals surface area contributed by atoms with Crippen LogP contribution < -0.4 is 11.3 Å². The maximum absolute atomic E-state index is 7.76. The molecule has 74 valence electrons. The second-order valence-corrected chi connectivity index (χ2v) is 4.23. The maximum Gasteiger partial charge on any atom is 0.222 e. The average Bonchev–Trinajstić information content (AvgIpc) is 2.62. The third-order valence-electron chi connectivity index (χ3n) is 2.44. The van der Waals surface area contributed by atoms with Gasteiger partial charge in [-0.05, 0) is 6.07 Å². The van der Waals surface area contributed by atoms with E-state index < -0.39 is 0 Å². The minimum atomic E-state index is 0.141. The second kappa shape index (κ2) is 2.84. The Bertz CT molecular complexity index is 711. The Morgan fingerprint density at radius 2 is 2.00 bits per heavy atom. The van der Waals surface area contributed by atoms with Crippen molar-refractivity contribution in [2.75, 3.05) is 5.73 Å². The van der Waals surface area contributed by atoms with Crippen molar-refractivity contribution in [3.05, 3.63) is 35.2 Å². The van der Waals surface area contributed by atoms with Gasteiger partial charge in [-0.3, -0.25) is 5.41 Å². The number of nitrogen functional groups attached to an aromatic ring is 1. The van der Waals surface area contributed by atoms with Crippen molar-refractivity contribution in [3.8, 4) is 0 Å². The standard InChI is InChI=1S/C11H8N2OS/c12-10-9-7(5-15-11(9)13)6-3-1-2-4-8(6)14-10/h1-5,12H,13H2. The number of anilines is 1. The second-order valence-electron chi connectivity index (χ2n) is 3.32. The lowest BCUT2D eigenvalue weighted by Gasteiger charge is -1.98. The Balaban J connectivity index is 2.71. The van der Waals surface area contributed by atoms with Gasteiger partial charge >= 0.3 is 0 Å². The van der Waals surface area contributed by atoms with E-state index in [1.54, 1.807) is 0 Å². The molecule has 0 aliphatic carbocycles. The van der Waals surface area contributed by atoms with Gasteiger partial charge in [-0.25, -0.2) is 0 Å². The topological polar surface area (TPSA) is 63.0 Å². The van der Waals surface area contributed by atoms with E-state index in [-0.39, 0.29) is 5.55 Å². The van der Waals surface area contributed by atoms with Crippen LogP contribution in [-0.4, -0.2) is 0 Å². The minimum Gasteiger partial charge on any atom is -0.438 e. The van der Waals surface area contributed by atoms with Crippen LogP contribution in [0.4, 0.5) is 5.00 Å². The molecule has 0 aliphatic heterocycles. The molecule has 1 aromatic carbocycles. The zero-order valence-electron chi connectivity index (χ0n) is 7.78. The third kappa shape index (κ3) is 1.08. The molecule has 0 amide bonds. The summed E-state index contributed by atoms with van der Waals surface area (Å²) >= 11 is 1.44. The van der Waals surface area contributed by atoms with E-state index in [2.05, 4.69) is 0 Å². The maximum atomic E-state index is 7.76. The largest absolute Gasteiger partial charge is 0.438 e. The number of hydrogen-bond acceptors (Lipinski definition) is 4. The monoisotopic (exact) mass is 216 g/mol. The fourth-order valence-electron chi connectivity index (χ4n) is 1.74. The summed E-state index contributed by atoms with van der Waals surface area (Å²) in [5.41, 5.74) is 6.68. The zero-order valence-corrected chi connectivity index (χ0v) is 8.60. The van der Waals surface area contributed by atoms with E-state index in [9.17, 15) is 0 Å². The molecule has 0 spiro atoms. The van der Waals surface area contributed by atoms with Crippen LogP contribution >= 0.6 is 11.3 Å². The number of benzene rings is 1. The summed E-state index contributed by atoms with van der Waals surface area (Å²) in [5.74, 6) is 0. The van der Waals surface area contributed by atoms with E-state index >= 15 is 0 Å². The number of rotatable bonds is 0. The number of hydrogen-bond donors (Lipinski definition) is 2. The van der Waals surface area contributed by atoms with Crippen molar-refractivity contribution in [3.63, 3.8) is 0 Å². The van der Waals surface area contributed by atoms with Gasteiger partial charge in [0.05, 0.1) is 10.4 Å². The van der Waals surface area contributed by atoms with E-state index in [1.807, 2.05) is 29.6 Å². The molecule has 0 bridgehead atoms. The van der Waals surface area contributed by atoms with E-state index in [4.69, 9.17) is 15.6 Å². The van der Waals surface area contributed by atoms with Gasteiger partial charge in [0.1, 0.15) is 5.58 Å². The molecule has 3 nitrogen and oxygen atoms in total. The lowest BCUT2D eigenvalue weighted by Crippen LogP contribution is -2.00. The van der Waals surface area contributed by atoms with Crippen LogP contribution in [-0.2, 0) is 0 Å². The molecular formula is C11H8N2OS. The van der Waals surface area contributed by atoms with Crippen molar-refractivity contribution in [2.24, 2.45) is 0 Å². The van der Waals surface area contributed by atoms with E-state index in [0.29, 0.717) is 5.00 Å². The van der Waals surface area contributed by atoms with Crippen LogP contribution in [0.15, 0.2) is 34.1 Å². The molecule has 2 heterocycles. The summed E-state index contributed by atoms with van der Waals surface area (Å²) < 4.78 is 5.41. The van der Waals surface area contributed by atoms with Gasteiger partial charge in [-0.2, -0.15) is 0 Å². The Kier molecular flexibility index (Phi) is 1.61. The molecule has 0 atom stereocenters. The smallest absolute Gasteiger partial charge is 0.222 e. The first kappa shape index (κ1) is 8.49. The first-order valence-electron chi connectivity index (χ1n) is 4.50. The van der Waals surface area contributed by atoms with Gasteiger partial charge in [0.15, 0.2) is 0 Å². The Morgan fingerprint density at radius 3 is 2.87 bits per heavy atom. The Morgan fingerprint density at radius 1 is 1.20 bits per heavy atom. The van der Waals surface area contributed by atoms with Crippen LogP contribution in [0.1, 0.15) is 0 Å². The number of thiophene rings is 1. The summed E-state index contributed by atoms with van der Waals surface area (Å²) in [6, 6.07) is 7.69. The molecule has 15 heavy (non-hydrogen) atoms. The van der Waals surface area contributed by atoms with Gasteiger partial charge in [0, 0.05) is 16.2 Å². The average molecular weight is 216 g/mol. The molecule has 4 heteroatoms. The molecule has 0 fully saturated rings. The summed E-state index contributed by atoms with van der Waals surface area (Å²) in [6.45, 7) is 0. The van der Waals surface area contributed by atoms with Crippen molar-refractivity contribution in [1.82, 2.24) is 0 Å². The highest BCUT2D eigenvalue weighted by atomic mass is 32.1. The fraction of sp³-hybridized carbons (Fsp3) is 0. The predicted octanol–water partition coefficient (Wildman–Crippen LogP) is 2.71. The number of nitrogens with one attached hydrogen (secondary N) is 1. The SMILES string of the molecule is N=c1oc2ccccc2c2csc(N)c12. The van der Waals surface area contributed by atoms with E-state index in [1.165, 1.54) is 11.3 Å². The molecule has 0 radical (unpaired) electrons. The summed E-state index contributed by atoms with van der Waals surface area (Å²) in [6.07, 6.45) is 0. The van der Waals surface area contributed by atoms with Gasteiger partial charge < -0.3 is 10.2 Å². The summed E-state index contributed by atoms with van der Waals surface area (Å²) in [7, 11) is 0. The summed E-state index contributed by atoms with van der Waals surface area (Å²) in [4.78, 5) is 0. The van der Waals surface area contributed by atoms with E-state index in [0.717, 1.165) is 21.7 Å². The van der Waals surface area contributed by atoms with Crippen LogP contribution in [0.2, 0.25) is 0 Å². The van der Waals surface area contributed by atoms with Crippen molar-refractivity contribution in [2.45, 2.75) is 0 Å². The molecule has 3 aromatic rings. The third-order valence-corrected chi connectivity index (χ3v) is 3.25. The summed E-state index contributed by atoms with van der Waals surface area (Å²) in [5, 5.41) is 13.1. The lowest BCUT2D eigenvalue weighted by atomic mass is 10.1. The molecule has 0 saturated heterocycles. The predicted molar refractivity (Wildman–Crippen MR) is 61.9 cm³/mol. The van der Waals surface area contributed by atoms with Crippen molar-refractivity contribution in [1.29, 1.82) is 5.41 Å². The molecule has 2 aromatic heterocycles. The zero-order chi connectivity index (χ0) is 10.4. The number of para-hydroxylation sites is 1. The molecule has 3 N–H and O–H groups in total. The van der Waals surface area contributed by atoms with Crippen LogP contribution in [0, 0.1) is 5.41 Å². The molecule has 3 rings (SSSR count). The Labute approximate surface area is 89.3 Å². The number of fused-ring (bicyclic) bond motifs is 3. The van der Waals surface area contributed by atoms with Crippen LogP contribution in [0.25, 0.3) is 21.7 Å². The number of nitrogens with two attached hydrogens (primary N) is 1. The Hall–Kier alpha value is -1.81. The quantitative estimate of drug-likeness (QED) is 0.607. The normalized spacial score (nSPS) is 11.2. The van der Waals surface area contributed by atoms with Crippen LogP contribution in [0.3, 0.4) is 0 Å². The molecule has 0 saturated carbocycles. The lowest BCUT2D eigenvalue weighted by molar-refractivity contribution is 0.543. The first-order chi connectivity index (χ1) is 7.27. The minimum absolute atomic E-state index is 0.141. The van der Waals surface area contributed by atoms with Gasteiger partial charge in [-0.15, -0.1) is 11.3 Å². The van der Waals surface area contributed by atoms with Crippen molar-refractivity contribution >= 4 is 38.1 Å². The van der Waals surface area contributed by atoms with Gasteiger partial charge in [0.25, 0.3) is 0 Å². The molecular weight excluding hydrogens is 208 g/mol. The van der Waals surface area contributed by atoms with Gasteiger partial charge in [0.2, 0.25) is 5.55 Å². The van der Waals surface area contributed by atoms with Crippen LogP contribution in [0.5, 0.6) is 0 Å².